The molecular formula is C14H10F3N3O4S. The molecule has 0 spiro atoms. The van der Waals surface area contributed by atoms with Gasteiger partial charge in [0.15, 0.2) is 0 Å². The molecule has 11 heteroatoms. The third-order valence-electron chi connectivity index (χ3n) is 2.92. The summed E-state index contributed by atoms with van der Waals surface area (Å²) < 4.78 is 38.3. The molecule has 0 aliphatic rings. The summed E-state index contributed by atoms with van der Waals surface area (Å²) in [7, 11) is 0. The average Bonchev–Trinajstić information content (AvgIpc) is 3.04. The van der Waals surface area contributed by atoms with Crippen LogP contribution in [0.3, 0.4) is 0 Å². The van der Waals surface area contributed by atoms with E-state index in [0.29, 0.717) is 12.1 Å². The van der Waals surface area contributed by atoms with E-state index in [-0.39, 0.29) is 6.54 Å². The SMILES string of the molecule is O=C(NCc1cccs1)C(=O)Nc1cc([N+](=O)[O-])cc(C(F)(F)F)c1. The minimum absolute atomic E-state index is 0.0761. The van der Waals surface area contributed by atoms with Gasteiger partial charge in [-0.1, -0.05) is 6.07 Å². The lowest BCUT2D eigenvalue weighted by molar-refractivity contribution is -0.385. The lowest BCUT2D eigenvalue weighted by atomic mass is 10.1. The van der Waals surface area contributed by atoms with Crippen LogP contribution in [-0.2, 0) is 22.3 Å². The van der Waals surface area contributed by atoms with E-state index in [4.69, 9.17) is 0 Å². The molecule has 25 heavy (non-hydrogen) atoms. The molecule has 0 bridgehead atoms. The number of non-ortho nitro benzene ring substituents is 1. The van der Waals surface area contributed by atoms with Crippen molar-refractivity contribution in [3.63, 3.8) is 0 Å². The van der Waals surface area contributed by atoms with Gasteiger partial charge in [0.1, 0.15) is 0 Å². The summed E-state index contributed by atoms with van der Waals surface area (Å²) in [6.45, 7) is 0.0761. The monoisotopic (exact) mass is 373 g/mol. The fraction of sp³-hybridized carbons (Fsp3) is 0.143. The number of thiophene rings is 1. The van der Waals surface area contributed by atoms with Gasteiger partial charge in [-0.15, -0.1) is 11.3 Å². The zero-order valence-corrected chi connectivity index (χ0v) is 13.1. The van der Waals surface area contributed by atoms with E-state index in [2.05, 4.69) is 5.32 Å². The number of nitrogens with zero attached hydrogens (tertiary/aromatic N) is 1. The molecule has 0 saturated carbocycles. The number of carbonyl (C=O) groups is 2. The minimum Gasteiger partial charge on any atom is -0.343 e. The van der Waals surface area contributed by atoms with Gasteiger partial charge in [0.05, 0.1) is 17.0 Å². The van der Waals surface area contributed by atoms with Gasteiger partial charge in [-0.2, -0.15) is 13.2 Å². The van der Waals surface area contributed by atoms with E-state index in [9.17, 15) is 32.9 Å². The Kier molecular flexibility index (Phi) is 5.37. The Bertz CT molecular complexity index is 806. The van der Waals surface area contributed by atoms with Crippen molar-refractivity contribution in [3.05, 3.63) is 56.3 Å². The molecule has 7 nitrogen and oxygen atoms in total. The van der Waals surface area contributed by atoms with E-state index in [1.54, 1.807) is 17.5 Å². The molecule has 2 N–H and O–H groups in total. The van der Waals surface area contributed by atoms with Crippen LogP contribution >= 0.6 is 11.3 Å². The van der Waals surface area contributed by atoms with Crippen LogP contribution < -0.4 is 10.6 Å². The predicted molar refractivity (Wildman–Crippen MR) is 82.9 cm³/mol. The van der Waals surface area contributed by atoms with Gasteiger partial charge in [-0.3, -0.25) is 19.7 Å². The number of nitrogens with one attached hydrogen (secondary N) is 2. The van der Waals surface area contributed by atoms with Crippen molar-refractivity contribution in [1.29, 1.82) is 0 Å². The van der Waals surface area contributed by atoms with Crippen LogP contribution in [0.5, 0.6) is 0 Å². The molecular weight excluding hydrogens is 363 g/mol. The molecule has 1 aromatic heterocycles. The van der Waals surface area contributed by atoms with Gasteiger partial charge in [-0.05, 0) is 17.5 Å². The summed E-state index contributed by atoms with van der Waals surface area (Å²) in [5.41, 5.74) is -2.67. The Hall–Kier alpha value is -2.95. The van der Waals surface area contributed by atoms with E-state index in [1.165, 1.54) is 11.3 Å². The molecule has 0 saturated heterocycles. The Morgan fingerprint density at radius 2 is 1.92 bits per heavy atom. The Morgan fingerprint density at radius 3 is 2.48 bits per heavy atom. The van der Waals surface area contributed by atoms with E-state index in [1.807, 2.05) is 5.32 Å². The molecule has 0 fully saturated rings. The van der Waals surface area contributed by atoms with Crippen molar-refractivity contribution < 1.29 is 27.7 Å². The quantitative estimate of drug-likeness (QED) is 0.489. The number of hydrogen-bond acceptors (Lipinski definition) is 5. The summed E-state index contributed by atoms with van der Waals surface area (Å²) in [6.07, 6.45) is -4.84. The van der Waals surface area contributed by atoms with Crippen molar-refractivity contribution in [2.24, 2.45) is 0 Å². The maximum absolute atomic E-state index is 12.8. The lowest BCUT2D eigenvalue weighted by Crippen LogP contribution is -2.34. The number of nitro groups is 1. The second-order valence-corrected chi connectivity index (χ2v) is 5.77. The van der Waals surface area contributed by atoms with E-state index >= 15 is 0 Å². The smallest absolute Gasteiger partial charge is 0.343 e. The van der Waals surface area contributed by atoms with Crippen LogP contribution in [0.25, 0.3) is 0 Å². The normalized spacial score (nSPS) is 11.0. The zero-order valence-electron chi connectivity index (χ0n) is 12.3. The number of nitro benzene ring substituents is 1. The summed E-state index contributed by atoms with van der Waals surface area (Å²) in [5, 5.41) is 16.7. The largest absolute Gasteiger partial charge is 0.416 e. The summed E-state index contributed by atoms with van der Waals surface area (Å²) in [4.78, 5) is 33.9. The van der Waals surface area contributed by atoms with E-state index < -0.39 is 39.9 Å². The first-order valence-corrected chi connectivity index (χ1v) is 7.53. The molecule has 1 aromatic carbocycles. The van der Waals surface area contributed by atoms with Crippen molar-refractivity contribution >= 4 is 34.5 Å². The van der Waals surface area contributed by atoms with E-state index in [0.717, 1.165) is 10.9 Å². The standard InChI is InChI=1S/C14H10F3N3O4S/c15-14(16,17)8-4-9(6-10(5-8)20(23)24)19-13(22)12(21)18-7-11-2-1-3-25-11/h1-6H,7H2,(H,18,21)(H,19,22). The number of halogens is 3. The topological polar surface area (TPSA) is 101 Å². The number of rotatable bonds is 4. The number of alkyl halides is 3. The lowest BCUT2D eigenvalue weighted by Gasteiger charge is -2.10. The molecule has 132 valence electrons. The summed E-state index contributed by atoms with van der Waals surface area (Å²) in [6, 6.07) is 5.05. The van der Waals surface area contributed by atoms with Gasteiger partial charge < -0.3 is 10.6 Å². The number of anilines is 1. The number of amides is 2. The number of carbonyl (C=O) groups excluding carboxylic acids is 2. The Balaban J connectivity index is 2.12. The second kappa shape index (κ2) is 7.30. The molecule has 2 amide bonds. The van der Waals surface area contributed by atoms with Crippen LogP contribution in [0.15, 0.2) is 35.7 Å². The maximum Gasteiger partial charge on any atom is 0.416 e. The van der Waals surface area contributed by atoms with Crippen LogP contribution in [0.1, 0.15) is 10.4 Å². The van der Waals surface area contributed by atoms with Crippen LogP contribution in [0.4, 0.5) is 24.5 Å². The first-order valence-electron chi connectivity index (χ1n) is 6.65. The summed E-state index contributed by atoms with van der Waals surface area (Å²) >= 11 is 1.34. The van der Waals surface area contributed by atoms with Crippen molar-refractivity contribution in [2.75, 3.05) is 5.32 Å². The summed E-state index contributed by atoms with van der Waals surface area (Å²) in [5.74, 6) is -2.31. The predicted octanol–water partition coefficient (Wildman–Crippen LogP) is 2.93. The minimum atomic E-state index is -4.84. The maximum atomic E-state index is 12.8. The zero-order chi connectivity index (χ0) is 18.6. The molecule has 2 aromatic rings. The molecule has 0 atom stereocenters. The third-order valence-corrected chi connectivity index (χ3v) is 3.80. The Labute approximate surface area is 142 Å². The third kappa shape index (κ3) is 5.01. The highest BCUT2D eigenvalue weighted by molar-refractivity contribution is 7.09. The van der Waals surface area contributed by atoms with Gasteiger partial charge in [-0.25, -0.2) is 0 Å². The molecule has 1 heterocycles. The van der Waals surface area contributed by atoms with Gasteiger partial charge >= 0.3 is 18.0 Å². The molecule has 2 rings (SSSR count). The molecule has 0 aliphatic heterocycles. The molecule has 0 unspecified atom stereocenters. The van der Waals surface area contributed by atoms with Crippen molar-refractivity contribution in [3.8, 4) is 0 Å². The fourth-order valence-corrected chi connectivity index (χ4v) is 2.45. The van der Waals surface area contributed by atoms with Gasteiger partial charge in [0, 0.05) is 22.7 Å². The molecule has 0 radical (unpaired) electrons. The Morgan fingerprint density at radius 1 is 1.20 bits per heavy atom. The first-order chi connectivity index (χ1) is 11.7. The van der Waals surface area contributed by atoms with Gasteiger partial charge in [0.2, 0.25) is 0 Å². The second-order valence-electron chi connectivity index (χ2n) is 4.74. The fourth-order valence-electron chi connectivity index (χ4n) is 1.80. The highest BCUT2D eigenvalue weighted by atomic mass is 32.1. The van der Waals surface area contributed by atoms with Crippen LogP contribution in [-0.4, -0.2) is 16.7 Å². The highest BCUT2D eigenvalue weighted by Crippen LogP contribution is 2.34. The number of benzene rings is 1. The number of hydrogen-bond donors (Lipinski definition) is 2. The van der Waals surface area contributed by atoms with Crippen LogP contribution in [0, 0.1) is 10.1 Å². The van der Waals surface area contributed by atoms with Crippen LogP contribution in [0.2, 0.25) is 0 Å². The first kappa shape index (κ1) is 18.4. The van der Waals surface area contributed by atoms with Crippen molar-refractivity contribution in [2.45, 2.75) is 12.7 Å². The highest BCUT2D eigenvalue weighted by Gasteiger charge is 2.33. The molecule has 0 aliphatic carbocycles. The average molecular weight is 373 g/mol. The van der Waals surface area contributed by atoms with Crippen molar-refractivity contribution in [1.82, 2.24) is 5.32 Å². The van der Waals surface area contributed by atoms with Gasteiger partial charge in [0.25, 0.3) is 5.69 Å².